The van der Waals surface area contributed by atoms with Crippen LogP contribution in [0.3, 0.4) is 0 Å². The lowest BCUT2D eigenvalue weighted by Gasteiger charge is -2.09. The van der Waals surface area contributed by atoms with Crippen LogP contribution in [0.4, 0.5) is 13.2 Å². The Morgan fingerprint density at radius 2 is 1.92 bits per heavy atom. The van der Waals surface area contributed by atoms with Gasteiger partial charge in [-0.1, -0.05) is 17.7 Å². The molecule has 0 unspecified atom stereocenters. The van der Waals surface area contributed by atoms with Crippen molar-refractivity contribution < 1.29 is 13.2 Å². The van der Waals surface area contributed by atoms with Crippen molar-refractivity contribution in [2.45, 2.75) is 12.1 Å². The first-order valence-corrected chi connectivity index (χ1v) is 4.15. The molecular weight excluding hydrogens is 226 g/mol. The summed E-state index contributed by atoms with van der Waals surface area (Å²) in [5, 5.41) is -0.193. The van der Waals surface area contributed by atoms with Crippen molar-refractivity contribution in [3.05, 3.63) is 28.5 Å². The molecule has 0 aliphatic carbocycles. The fourth-order valence-electron chi connectivity index (χ4n) is 0.817. The number of hydrogen-bond donors (Lipinski definition) is 0. The smallest absolute Gasteiger partial charge is 0.231 e. The standard InChI is InChI=1S/C7H4Cl2F3N/c8-3-4-1-2-5(9)13-6(4)7(10,11)12/h1-2H,3H2. The summed E-state index contributed by atoms with van der Waals surface area (Å²) >= 11 is 10.6. The van der Waals surface area contributed by atoms with Gasteiger partial charge in [-0.15, -0.1) is 11.6 Å². The molecule has 0 aliphatic rings. The summed E-state index contributed by atoms with van der Waals surface area (Å²) in [4.78, 5) is 3.17. The van der Waals surface area contributed by atoms with Gasteiger partial charge in [-0.2, -0.15) is 13.2 Å². The predicted octanol–water partition coefficient (Wildman–Crippen LogP) is 3.49. The van der Waals surface area contributed by atoms with E-state index in [9.17, 15) is 13.2 Å². The number of aromatic nitrogens is 1. The quantitative estimate of drug-likeness (QED) is 0.531. The molecule has 0 atom stereocenters. The average molecular weight is 230 g/mol. The van der Waals surface area contributed by atoms with Gasteiger partial charge in [-0.05, 0) is 11.6 Å². The van der Waals surface area contributed by atoms with Gasteiger partial charge in [0.25, 0.3) is 0 Å². The number of hydrogen-bond acceptors (Lipinski definition) is 1. The SMILES string of the molecule is FC(F)(F)c1nc(Cl)ccc1CCl. The average Bonchev–Trinajstić information content (AvgIpc) is 2.03. The number of rotatable bonds is 1. The van der Waals surface area contributed by atoms with Crippen LogP contribution >= 0.6 is 23.2 Å². The minimum Gasteiger partial charge on any atom is -0.231 e. The lowest BCUT2D eigenvalue weighted by atomic mass is 10.2. The Morgan fingerprint density at radius 3 is 2.38 bits per heavy atom. The molecule has 0 fully saturated rings. The molecule has 1 nitrogen and oxygen atoms in total. The van der Waals surface area contributed by atoms with Crippen molar-refractivity contribution in [3.8, 4) is 0 Å². The van der Waals surface area contributed by atoms with Gasteiger partial charge in [-0.25, -0.2) is 4.98 Å². The molecule has 1 rings (SSSR count). The van der Waals surface area contributed by atoms with Gasteiger partial charge in [0.1, 0.15) is 5.15 Å². The third-order valence-corrected chi connectivity index (χ3v) is 1.86. The Hall–Kier alpha value is -0.480. The summed E-state index contributed by atoms with van der Waals surface area (Å²) in [5.41, 5.74) is -1.09. The highest BCUT2D eigenvalue weighted by Gasteiger charge is 2.35. The molecule has 0 N–H and O–H groups in total. The first-order valence-electron chi connectivity index (χ1n) is 3.23. The lowest BCUT2D eigenvalue weighted by Crippen LogP contribution is -2.11. The van der Waals surface area contributed by atoms with E-state index in [2.05, 4.69) is 4.98 Å². The van der Waals surface area contributed by atoms with Crippen LogP contribution in [0.5, 0.6) is 0 Å². The van der Waals surface area contributed by atoms with E-state index < -0.39 is 11.9 Å². The van der Waals surface area contributed by atoms with Crippen molar-refractivity contribution in [1.82, 2.24) is 4.98 Å². The van der Waals surface area contributed by atoms with E-state index in [0.29, 0.717) is 0 Å². The molecule has 0 saturated carbocycles. The molecule has 0 aliphatic heterocycles. The molecule has 1 aromatic heterocycles. The van der Waals surface area contributed by atoms with Crippen molar-refractivity contribution in [2.75, 3.05) is 0 Å². The lowest BCUT2D eigenvalue weighted by molar-refractivity contribution is -0.141. The van der Waals surface area contributed by atoms with Crippen LogP contribution < -0.4 is 0 Å². The molecule has 6 heteroatoms. The maximum Gasteiger partial charge on any atom is 0.433 e. The number of halogens is 5. The van der Waals surface area contributed by atoms with Crippen LogP contribution in [0.25, 0.3) is 0 Å². The molecule has 1 aromatic rings. The highest BCUT2D eigenvalue weighted by Crippen LogP contribution is 2.31. The van der Waals surface area contributed by atoms with E-state index in [1.54, 1.807) is 0 Å². The van der Waals surface area contributed by atoms with Gasteiger partial charge in [0.2, 0.25) is 0 Å². The molecule has 0 amide bonds. The Morgan fingerprint density at radius 1 is 1.31 bits per heavy atom. The summed E-state index contributed by atoms with van der Waals surface area (Å²) in [6.07, 6.45) is -4.50. The van der Waals surface area contributed by atoms with E-state index in [0.717, 1.165) is 0 Å². The van der Waals surface area contributed by atoms with Gasteiger partial charge in [0, 0.05) is 5.88 Å². The van der Waals surface area contributed by atoms with Crippen molar-refractivity contribution >= 4 is 23.2 Å². The second kappa shape index (κ2) is 3.72. The fourth-order valence-corrected chi connectivity index (χ4v) is 1.18. The maximum absolute atomic E-state index is 12.2. The minimum absolute atomic E-state index is 0.0708. The van der Waals surface area contributed by atoms with Crippen LogP contribution in [0.15, 0.2) is 12.1 Å². The van der Waals surface area contributed by atoms with Crippen molar-refractivity contribution in [3.63, 3.8) is 0 Å². The number of nitrogens with zero attached hydrogens (tertiary/aromatic N) is 1. The topological polar surface area (TPSA) is 12.9 Å². The second-order valence-corrected chi connectivity index (χ2v) is 2.93. The van der Waals surface area contributed by atoms with Gasteiger partial charge in [0.05, 0.1) is 0 Å². The van der Waals surface area contributed by atoms with E-state index in [4.69, 9.17) is 23.2 Å². The normalized spacial score (nSPS) is 11.8. The molecule has 0 radical (unpaired) electrons. The first kappa shape index (κ1) is 10.6. The highest BCUT2D eigenvalue weighted by molar-refractivity contribution is 6.29. The van der Waals surface area contributed by atoms with Gasteiger partial charge >= 0.3 is 6.18 Å². The fraction of sp³-hybridized carbons (Fsp3) is 0.286. The molecule has 1 heterocycles. The molecule has 72 valence electrons. The van der Waals surface area contributed by atoms with E-state index in [1.807, 2.05) is 0 Å². The van der Waals surface area contributed by atoms with Crippen LogP contribution in [0, 0.1) is 0 Å². The molecule has 0 bridgehead atoms. The summed E-state index contributed by atoms with van der Waals surface area (Å²) in [6, 6.07) is 2.49. The molecule has 13 heavy (non-hydrogen) atoms. The van der Waals surface area contributed by atoms with Crippen molar-refractivity contribution in [1.29, 1.82) is 0 Å². The molecule has 0 aromatic carbocycles. The molecular formula is C7H4Cl2F3N. The van der Waals surface area contributed by atoms with Crippen LogP contribution in [-0.4, -0.2) is 4.98 Å². The van der Waals surface area contributed by atoms with Gasteiger partial charge in [0.15, 0.2) is 5.69 Å². The van der Waals surface area contributed by atoms with E-state index in [-0.39, 0.29) is 16.6 Å². The third-order valence-electron chi connectivity index (χ3n) is 1.36. The first-order chi connectivity index (χ1) is 5.95. The van der Waals surface area contributed by atoms with Crippen LogP contribution in [-0.2, 0) is 12.1 Å². The largest absolute Gasteiger partial charge is 0.433 e. The summed E-state index contributed by atoms with van der Waals surface area (Å²) in [5.74, 6) is -0.237. The summed E-state index contributed by atoms with van der Waals surface area (Å²) < 4.78 is 36.7. The minimum atomic E-state index is -4.50. The molecule has 0 saturated heterocycles. The van der Waals surface area contributed by atoms with Gasteiger partial charge in [-0.3, -0.25) is 0 Å². The Kier molecular flexibility index (Phi) is 3.03. The van der Waals surface area contributed by atoms with E-state index in [1.165, 1.54) is 12.1 Å². The second-order valence-electron chi connectivity index (χ2n) is 2.27. The van der Waals surface area contributed by atoms with Crippen LogP contribution in [0.2, 0.25) is 5.15 Å². The molecule has 0 spiro atoms. The van der Waals surface area contributed by atoms with Gasteiger partial charge < -0.3 is 0 Å². The Labute approximate surface area is 82.5 Å². The summed E-state index contributed by atoms with van der Waals surface area (Å²) in [7, 11) is 0. The zero-order valence-electron chi connectivity index (χ0n) is 6.20. The Balaban J connectivity index is 3.24. The monoisotopic (exact) mass is 229 g/mol. The highest BCUT2D eigenvalue weighted by atomic mass is 35.5. The number of alkyl halides is 4. The van der Waals surface area contributed by atoms with E-state index >= 15 is 0 Å². The Bertz CT molecular complexity index is 311. The zero-order valence-corrected chi connectivity index (χ0v) is 7.71. The third kappa shape index (κ3) is 2.48. The zero-order chi connectivity index (χ0) is 10.1. The maximum atomic E-state index is 12.2. The van der Waals surface area contributed by atoms with Crippen molar-refractivity contribution in [2.24, 2.45) is 0 Å². The predicted molar refractivity (Wildman–Crippen MR) is 43.8 cm³/mol. The summed E-state index contributed by atoms with van der Waals surface area (Å²) in [6.45, 7) is 0. The van der Waals surface area contributed by atoms with Crippen LogP contribution in [0.1, 0.15) is 11.3 Å². The number of pyridine rings is 1.